The number of benzene rings is 1. The van der Waals surface area contributed by atoms with Crippen LogP contribution in [-0.4, -0.2) is 37.2 Å². The van der Waals surface area contributed by atoms with Gasteiger partial charge in [-0.15, -0.1) is 6.58 Å². The van der Waals surface area contributed by atoms with Crippen LogP contribution in [0.4, 0.5) is 0 Å². The van der Waals surface area contributed by atoms with Crippen molar-refractivity contribution in [1.82, 2.24) is 0 Å². The third-order valence-electron chi connectivity index (χ3n) is 7.44. The van der Waals surface area contributed by atoms with Crippen LogP contribution in [0.15, 0.2) is 42.5 Å². The molecule has 1 aromatic rings. The third-order valence-corrected chi connectivity index (χ3v) is 7.44. The Hall–Kier alpha value is -1.53. The summed E-state index contributed by atoms with van der Waals surface area (Å²) in [4.78, 5) is 12.6. The van der Waals surface area contributed by atoms with Gasteiger partial charge in [-0.3, -0.25) is 4.79 Å². The Morgan fingerprint density at radius 2 is 1.62 bits per heavy atom. The second-order valence-corrected chi connectivity index (χ2v) is 11.3. The van der Waals surface area contributed by atoms with Crippen molar-refractivity contribution < 1.29 is 23.7 Å². The normalized spacial score (nSPS) is 22.8. The summed E-state index contributed by atoms with van der Waals surface area (Å²) >= 11 is 0. The fourth-order valence-corrected chi connectivity index (χ4v) is 5.53. The second-order valence-electron chi connectivity index (χ2n) is 11.3. The van der Waals surface area contributed by atoms with Gasteiger partial charge < -0.3 is 18.9 Å². The van der Waals surface area contributed by atoms with E-state index in [1.54, 1.807) is 0 Å². The maximum Gasteiger partial charge on any atom is 0.158 e. The Balaban J connectivity index is 1.34. The van der Waals surface area contributed by atoms with Gasteiger partial charge in [0, 0.05) is 26.1 Å². The van der Waals surface area contributed by atoms with E-state index in [2.05, 4.69) is 44.7 Å². The van der Waals surface area contributed by atoms with E-state index in [-0.39, 0.29) is 24.3 Å². The highest BCUT2D eigenvalue weighted by Crippen LogP contribution is 2.31. The molecule has 0 spiro atoms. The molecule has 3 rings (SSSR count). The van der Waals surface area contributed by atoms with Crippen LogP contribution in [0, 0.1) is 0 Å². The molecule has 37 heavy (non-hydrogen) atoms. The van der Waals surface area contributed by atoms with Crippen LogP contribution in [0.25, 0.3) is 0 Å². The highest BCUT2D eigenvalue weighted by atomic mass is 16.7. The van der Waals surface area contributed by atoms with Gasteiger partial charge in [0.05, 0.1) is 11.7 Å². The molecular formula is C32H50O5. The number of rotatable bonds is 17. The van der Waals surface area contributed by atoms with Crippen LogP contribution >= 0.6 is 0 Å². The minimum Gasteiger partial charge on any atom is -0.353 e. The lowest BCUT2D eigenvalue weighted by atomic mass is 9.90. The Labute approximate surface area is 225 Å². The second kappa shape index (κ2) is 16.4. The summed E-state index contributed by atoms with van der Waals surface area (Å²) in [7, 11) is 0. The molecule has 0 N–H and O–H groups in total. The number of carbonyl (C=O) groups excluding carboxylic acids is 1. The van der Waals surface area contributed by atoms with Crippen LogP contribution in [0.3, 0.4) is 0 Å². The number of hydrogen-bond acceptors (Lipinski definition) is 5. The van der Waals surface area contributed by atoms with E-state index in [1.165, 1.54) is 5.56 Å². The van der Waals surface area contributed by atoms with Crippen LogP contribution in [0.1, 0.15) is 122 Å². The number of carbonyl (C=O) groups is 1. The van der Waals surface area contributed by atoms with Crippen LogP contribution in [0.2, 0.25) is 0 Å². The molecule has 0 amide bonds. The Morgan fingerprint density at radius 3 is 2.24 bits per heavy atom. The zero-order valence-electron chi connectivity index (χ0n) is 23.4. The molecule has 0 aromatic heterocycles. The molecule has 1 aromatic carbocycles. The predicted octanol–water partition coefficient (Wildman–Crippen LogP) is 8.23. The Bertz CT molecular complexity index is 782. The number of Topliss-reactive ketones (excluding diaryl/α,β-unsaturated/α-hetero) is 1. The molecule has 5 heteroatoms. The minimum atomic E-state index is -0.272. The summed E-state index contributed by atoms with van der Waals surface area (Å²) in [6.45, 7) is 9.91. The maximum absolute atomic E-state index is 12.6. The van der Waals surface area contributed by atoms with Gasteiger partial charge in [-0.25, -0.2) is 0 Å². The predicted molar refractivity (Wildman–Crippen MR) is 148 cm³/mol. The summed E-state index contributed by atoms with van der Waals surface area (Å²) in [6.07, 6.45) is 14.0. The molecule has 2 saturated heterocycles. The summed E-state index contributed by atoms with van der Waals surface area (Å²) in [5.74, 6) is 0.367. The molecule has 5 nitrogen and oxygen atoms in total. The topological polar surface area (TPSA) is 54.0 Å². The van der Waals surface area contributed by atoms with Gasteiger partial charge in [-0.1, -0.05) is 48.7 Å². The van der Waals surface area contributed by atoms with Crippen molar-refractivity contribution >= 4 is 5.78 Å². The summed E-state index contributed by atoms with van der Waals surface area (Å²) in [5.41, 5.74) is 2.05. The van der Waals surface area contributed by atoms with Gasteiger partial charge in [0.15, 0.2) is 12.6 Å². The standard InChI is InChI=1S/C32H50O5/c1-26(2)25-32(3,37-31-21-11-14-24-35-31)22-12-9-18-28(33)17-7-8-19-29(27-15-5-4-6-16-27)36-30-20-10-13-23-34-30/h4-6,15-16,29-31H,1,7-14,17-25H2,2-3H3. The molecule has 4 atom stereocenters. The fourth-order valence-electron chi connectivity index (χ4n) is 5.53. The molecular weight excluding hydrogens is 464 g/mol. The van der Waals surface area contributed by atoms with Crippen molar-refractivity contribution in [3.63, 3.8) is 0 Å². The quantitative estimate of drug-likeness (QED) is 0.155. The van der Waals surface area contributed by atoms with Gasteiger partial charge in [0.25, 0.3) is 0 Å². The lowest BCUT2D eigenvalue weighted by molar-refractivity contribution is -0.222. The molecule has 2 fully saturated rings. The number of ether oxygens (including phenoxy) is 4. The first-order valence-corrected chi connectivity index (χ1v) is 14.7. The minimum absolute atomic E-state index is 0.0264. The monoisotopic (exact) mass is 514 g/mol. The first-order valence-electron chi connectivity index (χ1n) is 14.7. The molecule has 0 radical (unpaired) electrons. The number of unbranched alkanes of at least 4 members (excludes halogenated alkanes) is 2. The van der Waals surface area contributed by atoms with Crippen molar-refractivity contribution in [2.75, 3.05) is 13.2 Å². The van der Waals surface area contributed by atoms with E-state index in [4.69, 9.17) is 18.9 Å². The summed E-state index contributed by atoms with van der Waals surface area (Å²) in [5, 5.41) is 0. The maximum atomic E-state index is 12.6. The lowest BCUT2D eigenvalue weighted by Crippen LogP contribution is -2.37. The highest BCUT2D eigenvalue weighted by molar-refractivity contribution is 5.78. The van der Waals surface area contributed by atoms with Gasteiger partial charge in [-0.2, -0.15) is 0 Å². The van der Waals surface area contributed by atoms with Crippen LogP contribution in [0.5, 0.6) is 0 Å². The highest BCUT2D eigenvalue weighted by Gasteiger charge is 2.30. The summed E-state index contributed by atoms with van der Waals surface area (Å²) < 4.78 is 24.4. The molecule has 4 unspecified atom stereocenters. The number of ketones is 1. The molecule has 0 saturated carbocycles. The Kier molecular flexibility index (Phi) is 13.3. The number of hydrogen-bond donors (Lipinski definition) is 0. The van der Waals surface area contributed by atoms with Gasteiger partial charge >= 0.3 is 0 Å². The van der Waals surface area contributed by atoms with Crippen molar-refractivity contribution in [2.45, 2.75) is 134 Å². The average molecular weight is 515 g/mol. The van der Waals surface area contributed by atoms with Gasteiger partial charge in [0.1, 0.15) is 5.78 Å². The van der Waals surface area contributed by atoms with Gasteiger partial charge in [-0.05, 0) is 90.0 Å². The van der Waals surface area contributed by atoms with E-state index in [0.29, 0.717) is 18.6 Å². The van der Waals surface area contributed by atoms with Crippen molar-refractivity contribution in [3.05, 3.63) is 48.0 Å². The zero-order chi connectivity index (χ0) is 26.3. The lowest BCUT2D eigenvalue weighted by Gasteiger charge is -2.36. The molecule has 0 bridgehead atoms. The summed E-state index contributed by atoms with van der Waals surface area (Å²) in [6, 6.07) is 10.4. The first-order chi connectivity index (χ1) is 17.9. The van der Waals surface area contributed by atoms with E-state index in [0.717, 1.165) is 102 Å². The van der Waals surface area contributed by atoms with E-state index in [9.17, 15) is 4.79 Å². The first kappa shape index (κ1) is 30.0. The zero-order valence-corrected chi connectivity index (χ0v) is 23.4. The third kappa shape index (κ3) is 11.8. The SMILES string of the molecule is C=C(C)CC(C)(CCCCC(=O)CCCCC(OC1CCCCO1)c1ccccc1)OC1CCCCO1. The van der Waals surface area contributed by atoms with Crippen molar-refractivity contribution in [2.24, 2.45) is 0 Å². The van der Waals surface area contributed by atoms with Gasteiger partial charge in [0.2, 0.25) is 0 Å². The van der Waals surface area contributed by atoms with Crippen LogP contribution in [-0.2, 0) is 23.7 Å². The smallest absolute Gasteiger partial charge is 0.158 e. The molecule has 2 aliphatic rings. The van der Waals surface area contributed by atoms with Crippen molar-refractivity contribution in [3.8, 4) is 0 Å². The molecule has 2 heterocycles. The van der Waals surface area contributed by atoms with E-state index < -0.39 is 0 Å². The average Bonchev–Trinajstić information content (AvgIpc) is 2.89. The fraction of sp³-hybridized carbons (Fsp3) is 0.719. The largest absolute Gasteiger partial charge is 0.353 e. The van der Waals surface area contributed by atoms with Crippen LogP contribution < -0.4 is 0 Å². The van der Waals surface area contributed by atoms with Crippen molar-refractivity contribution in [1.29, 1.82) is 0 Å². The molecule has 0 aliphatic carbocycles. The Morgan fingerprint density at radius 1 is 0.973 bits per heavy atom. The molecule has 208 valence electrons. The van der Waals surface area contributed by atoms with E-state index >= 15 is 0 Å². The van der Waals surface area contributed by atoms with E-state index in [1.807, 2.05) is 6.07 Å². The molecule has 2 aliphatic heterocycles.